The van der Waals surface area contributed by atoms with Gasteiger partial charge in [-0.3, -0.25) is 14.4 Å². The van der Waals surface area contributed by atoms with E-state index in [0.717, 1.165) is 0 Å². The Morgan fingerprint density at radius 3 is 1.00 bits per heavy atom. The van der Waals surface area contributed by atoms with Crippen LogP contribution in [0.3, 0.4) is 0 Å². The van der Waals surface area contributed by atoms with Crippen LogP contribution in [0.15, 0.2) is 34.9 Å². The summed E-state index contributed by atoms with van der Waals surface area (Å²) in [6.07, 6.45) is 3.68. The van der Waals surface area contributed by atoms with Gasteiger partial charge >= 0.3 is 15.1 Å². The largest absolute Gasteiger partial charge is 1.20 e. The van der Waals surface area contributed by atoms with Gasteiger partial charge in [-0.25, -0.2) is 0 Å². The molecule has 0 saturated heterocycles. The third-order valence-corrected chi connectivity index (χ3v) is 3.13. The monoisotopic (exact) mass is 324 g/mol. The van der Waals surface area contributed by atoms with Gasteiger partial charge < -0.3 is 11.4 Å². The van der Waals surface area contributed by atoms with Crippen LogP contribution in [0.1, 0.15) is 41.5 Å². The first-order chi connectivity index (χ1) is 10.1. The molecule has 120 valence electrons. The van der Waals surface area contributed by atoms with E-state index in [0.29, 0.717) is 16.7 Å². The molecule has 0 amide bonds. The molecule has 7 heteroatoms. The molecule has 0 aromatic heterocycles. The minimum atomic E-state index is -3.27. The van der Waals surface area contributed by atoms with Crippen molar-refractivity contribution in [1.82, 2.24) is 0 Å². The molecule has 0 radical (unpaired) electrons. The van der Waals surface area contributed by atoms with Crippen LogP contribution in [0.4, 0.5) is 0 Å². The number of carbonyl (C=O) groups is 3. The molecule has 0 atom stereocenters. The fourth-order valence-corrected chi connectivity index (χ4v) is 2.08. The van der Waals surface area contributed by atoms with Crippen LogP contribution in [-0.4, -0.2) is 33.1 Å². The van der Waals surface area contributed by atoms with Gasteiger partial charge in [0.1, 0.15) is 0 Å². The Hall–Kier alpha value is -1.84. The molecule has 0 fully saturated rings. The van der Waals surface area contributed by atoms with Crippen molar-refractivity contribution in [2.75, 3.05) is 0 Å². The van der Waals surface area contributed by atoms with Crippen molar-refractivity contribution in [3.05, 3.63) is 34.9 Å². The molecule has 0 aliphatic carbocycles. The molecule has 0 spiro atoms. The highest BCUT2D eigenvalue weighted by molar-refractivity contribution is 6.45. The minimum Gasteiger partial charge on any atom is -0.547 e. The molecule has 0 saturated carbocycles. The molecular formula is C15H21AlO6. The summed E-state index contributed by atoms with van der Waals surface area (Å²) in [5.74, 6) is -2.15. The average Bonchev–Trinajstić information content (AvgIpc) is 2.23. The van der Waals surface area contributed by atoms with E-state index < -0.39 is 33.1 Å². The Morgan fingerprint density at radius 2 is 0.818 bits per heavy atom. The Balaban J connectivity index is 4.98. The molecule has 0 aliphatic rings. The normalized spacial score (nSPS) is 9.00. The predicted molar refractivity (Wildman–Crippen MR) is 82.3 cm³/mol. The number of hydrogen-bond donors (Lipinski definition) is 0. The van der Waals surface area contributed by atoms with Crippen molar-refractivity contribution in [3.63, 3.8) is 0 Å². The summed E-state index contributed by atoms with van der Waals surface area (Å²) >= 11 is -3.27. The van der Waals surface area contributed by atoms with Crippen LogP contribution in [0, 0.1) is 0 Å². The summed E-state index contributed by atoms with van der Waals surface area (Å²) in [7, 11) is 0. The third-order valence-electron chi connectivity index (χ3n) is 1.86. The van der Waals surface area contributed by atoms with Gasteiger partial charge in [-0.05, 0) is 41.5 Å². The van der Waals surface area contributed by atoms with Gasteiger partial charge in [-0.2, -0.15) is 0 Å². The molecule has 6 nitrogen and oxygen atoms in total. The highest BCUT2D eigenvalue weighted by Gasteiger charge is 2.48. The van der Waals surface area contributed by atoms with E-state index in [4.69, 9.17) is 11.4 Å². The summed E-state index contributed by atoms with van der Waals surface area (Å²) in [5, 5.41) is 0. The lowest BCUT2D eigenvalue weighted by atomic mass is 10.3. The lowest BCUT2D eigenvalue weighted by Crippen LogP contribution is -2.33. The van der Waals surface area contributed by atoms with Gasteiger partial charge in [0.15, 0.2) is 0 Å². The molecule has 22 heavy (non-hydrogen) atoms. The molecule has 0 rings (SSSR count). The lowest BCUT2D eigenvalue weighted by Gasteiger charge is -2.10. The van der Waals surface area contributed by atoms with E-state index in [2.05, 4.69) is 0 Å². The van der Waals surface area contributed by atoms with E-state index in [9.17, 15) is 14.4 Å². The SMILES string of the molecule is CC(C)=CC(=O)[O][Al]([O]C(=O)C=C(C)C)[O]C(=O)C=C(C)C. The van der Waals surface area contributed by atoms with Crippen molar-refractivity contribution >= 4 is 33.1 Å². The summed E-state index contributed by atoms with van der Waals surface area (Å²) in [6.45, 7) is 10.3. The minimum absolute atomic E-state index is 0.712. The fraction of sp³-hybridized carbons (Fsp3) is 0.400. The third kappa shape index (κ3) is 10.9. The van der Waals surface area contributed by atoms with E-state index in [1.807, 2.05) is 0 Å². The maximum atomic E-state index is 11.6. The Kier molecular flexibility index (Phi) is 9.15. The Labute approximate surface area is 135 Å². The van der Waals surface area contributed by atoms with Crippen LogP contribution >= 0.6 is 0 Å². The van der Waals surface area contributed by atoms with Gasteiger partial charge in [-0.15, -0.1) is 0 Å². The first-order valence-electron chi connectivity index (χ1n) is 6.66. The van der Waals surface area contributed by atoms with E-state index in [1.54, 1.807) is 41.5 Å². The molecule has 0 bridgehead atoms. The number of allylic oxidation sites excluding steroid dienone is 3. The first-order valence-corrected chi connectivity index (χ1v) is 8.08. The molecular weight excluding hydrogens is 303 g/mol. The van der Waals surface area contributed by atoms with Crippen LogP contribution < -0.4 is 0 Å². The first kappa shape index (κ1) is 20.2. The summed E-state index contributed by atoms with van der Waals surface area (Å²) in [6, 6.07) is 0. The van der Waals surface area contributed by atoms with Crippen LogP contribution in [-0.2, 0) is 25.7 Å². The maximum absolute atomic E-state index is 11.6. The van der Waals surface area contributed by atoms with Crippen molar-refractivity contribution < 1.29 is 25.7 Å². The second-order valence-corrected chi connectivity index (χ2v) is 6.55. The summed E-state index contributed by atoms with van der Waals surface area (Å²) in [5.41, 5.74) is 2.14. The Morgan fingerprint density at radius 1 is 0.591 bits per heavy atom. The van der Waals surface area contributed by atoms with Crippen LogP contribution in [0.5, 0.6) is 0 Å². The molecule has 0 heterocycles. The van der Waals surface area contributed by atoms with Gasteiger partial charge in [0.25, 0.3) is 17.9 Å². The quantitative estimate of drug-likeness (QED) is 0.552. The smallest absolute Gasteiger partial charge is 0.547 e. The molecule has 0 aromatic rings. The summed E-state index contributed by atoms with van der Waals surface area (Å²) in [4.78, 5) is 34.8. The number of hydrogen-bond acceptors (Lipinski definition) is 6. The summed E-state index contributed by atoms with van der Waals surface area (Å²) < 4.78 is 14.8. The zero-order valence-electron chi connectivity index (χ0n) is 13.8. The van der Waals surface area contributed by atoms with Gasteiger partial charge in [0.2, 0.25) is 0 Å². The van der Waals surface area contributed by atoms with Crippen molar-refractivity contribution in [2.24, 2.45) is 0 Å². The average molecular weight is 324 g/mol. The fourth-order valence-electron chi connectivity index (χ4n) is 1.17. The zero-order chi connectivity index (χ0) is 17.3. The van der Waals surface area contributed by atoms with Crippen LogP contribution in [0.2, 0.25) is 0 Å². The second-order valence-electron chi connectivity index (χ2n) is 5.26. The van der Waals surface area contributed by atoms with E-state index >= 15 is 0 Å². The van der Waals surface area contributed by atoms with Crippen LogP contribution in [0.25, 0.3) is 0 Å². The Bertz CT molecular complexity index is 442. The highest BCUT2D eigenvalue weighted by Crippen LogP contribution is 2.02. The topological polar surface area (TPSA) is 78.9 Å². The number of rotatable bonds is 6. The standard InChI is InChI=1S/3C5H8O2.Al/c3*1-4(2)3-5(6)7;/h3*3H,1-2H3,(H,6,7);/q;;;+3/p-3. The molecule has 0 N–H and O–H groups in total. The van der Waals surface area contributed by atoms with Crippen molar-refractivity contribution in [3.8, 4) is 0 Å². The molecule has 0 aliphatic heterocycles. The molecule has 0 aromatic carbocycles. The van der Waals surface area contributed by atoms with E-state index in [-0.39, 0.29) is 0 Å². The van der Waals surface area contributed by atoms with Gasteiger partial charge in [0.05, 0.1) is 0 Å². The predicted octanol–water partition coefficient (Wildman–Crippen LogP) is 2.50. The van der Waals surface area contributed by atoms with E-state index in [1.165, 1.54) is 18.2 Å². The van der Waals surface area contributed by atoms with Gasteiger partial charge in [0, 0.05) is 18.2 Å². The maximum Gasteiger partial charge on any atom is 1.20 e. The zero-order valence-corrected chi connectivity index (χ0v) is 14.9. The van der Waals surface area contributed by atoms with Crippen molar-refractivity contribution in [2.45, 2.75) is 41.5 Å². The lowest BCUT2D eigenvalue weighted by molar-refractivity contribution is -0.141. The van der Waals surface area contributed by atoms with Crippen molar-refractivity contribution in [1.29, 1.82) is 0 Å². The highest BCUT2D eigenvalue weighted by atomic mass is 27.3. The molecule has 0 unspecified atom stereocenters. The van der Waals surface area contributed by atoms with Gasteiger partial charge in [-0.1, -0.05) is 16.7 Å². The second kappa shape index (κ2) is 9.98. The number of carbonyl (C=O) groups excluding carboxylic acids is 3.